The average molecular weight is 267 g/mol. The molecule has 0 spiro atoms. The number of hydrogen-bond donors (Lipinski definition) is 2. The number of carboxylic acid groups (broad SMARTS) is 1. The minimum absolute atomic E-state index is 0.388. The van der Waals surface area contributed by atoms with Gasteiger partial charge in [-0.05, 0) is 18.6 Å². The number of carbonyl (C=O) groups is 1. The second-order valence-corrected chi connectivity index (χ2v) is 4.62. The lowest BCUT2D eigenvalue weighted by Crippen LogP contribution is -2.35. The van der Waals surface area contributed by atoms with Crippen LogP contribution in [0.1, 0.15) is 22.7 Å². The number of aryl methyl sites for hydroxylation is 1. The van der Waals surface area contributed by atoms with Crippen LogP contribution in [-0.4, -0.2) is 23.8 Å². The summed E-state index contributed by atoms with van der Waals surface area (Å²) in [7, 11) is 0. The fourth-order valence-electron chi connectivity index (χ4n) is 1.27. The molecule has 2 N–H and O–H groups in total. The van der Waals surface area contributed by atoms with Crippen LogP contribution in [0.25, 0.3) is 0 Å². The lowest BCUT2D eigenvalue weighted by atomic mass is 10.2. The standard InChI is InChI=1S/C10H12F3NO2S/c1-2-6-3-4-7(17-6)8(9(15)16)14-5-10(11,12)13/h3-4,8,14H,2,5H2,1H3,(H,15,16). The maximum atomic E-state index is 12.0. The summed E-state index contributed by atoms with van der Waals surface area (Å²) < 4.78 is 36.0. The number of nitrogens with one attached hydrogen (secondary N) is 1. The minimum Gasteiger partial charge on any atom is -0.480 e. The van der Waals surface area contributed by atoms with E-state index in [-0.39, 0.29) is 0 Å². The Hall–Kier alpha value is -1.08. The zero-order valence-corrected chi connectivity index (χ0v) is 9.86. The predicted octanol–water partition coefficient (Wildman–Crippen LogP) is 2.59. The Balaban J connectivity index is 2.75. The van der Waals surface area contributed by atoms with Crippen LogP contribution in [0.4, 0.5) is 13.2 Å². The molecule has 0 fully saturated rings. The maximum absolute atomic E-state index is 12.0. The molecule has 7 heteroatoms. The molecule has 1 aromatic rings. The van der Waals surface area contributed by atoms with Crippen molar-refractivity contribution in [2.75, 3.05) is 6.54 Å². The van der Waals surface area contributed by atoms with Gasteiger partial charge >= 0.3 is 12.1 Å². The van der Waals surface area contributed by atoms with Gasteiger partial charge in [-0.3, -0.25) is 10.1 Å². The summed E-state index contributed by atoms with van der Waals surface area (Å²) in [4.78, 5) is 12.2. The Kier molecular flexibility index (Phi) is 4.53. The Morgan fingerprint density at radius 1 is 1.53 bits per heavy atom. The summed E-state index contributed by atoms with van der Waals surface area (Å²) in [6.07, 6.45) is -3.69. The van der Waals surface area contributed by atoms with Crippen molar-refractivity contribution >= 4 is 17.3 Å². The fraction of sp³-hybridized carbons (Fsp3) is 0.500. The molecule has 0 radical (unpaired) electrons. The van der Waals surface area contributed by atoms with Gasteiger partial charge in [-0.1, -0.05) is 6.92 Å². The summed E-state index contributed by atoms with van der Waals surface area (Å²) >= 11 is 1.21. The lowest BCUT2D eigenvalue weighted by Gasteiger charge is -2.14. The summed E-state index contributed by atoms with van der Waals surface area (Å²) in [5.41, 5.74) is 0. The van der Waals surface area contributed by atoms with Gasteiger partial charge in [0, 0.05) is 9.75 Å². The van der Waals surface area contributed by atoms with E-state index in [1.807, 2.05) is 12.2 Å². The Morgan fingerprint density at radius 3 is 2.59 bits per heavy atom. The smallest absolute Gasteiger partial charge is 0.401 e. The highest BCUT2D eigenvalue weighted by Gasteiger charge is 2.31. The molecule has 0 aliphatic carbocycles. The summed E-state index contributed by atoms with van der Waals surface area (Å²) in [6, 6.07) is 1.97. The maximum Gasteiger partial charge on any atom is 0.401 e. The van der Waals surface area contributed by atoms with Gasteiger partial charge in [0.25, 0.3) is 0 Å². The molecule has 1 aromatic heterocycles. The third-order valence-corrected chi connectivity index (χ3v) is 3.36. The molecule has 1 heterocycles. The van der Waals surface area contributed by atoms with Crippen LogP contribution in [0.15, 0.2) is 12.1 Å². The molecule has 0 saturated carbocycles. The highest BCUT2D eigenvalue weighted by molar-refractivity contribution is 7.12. The molecule has 0 aromatic carbocycles. The molecule has 96 valence electrons. The number of alkyl halides is 3. The van der Waals surface area contributed by atoms with Gasteiger partial charge in [0.15, 0.2) is 0 Å². The first kappa shape index (κ1) is 14.0. The molecule has 0 aliphatic rings. The van der Waals surface area contributed by atoms with E-state index in [0.29, 0.717) is 4.88 Å². The first-order valence-corrected chi connectivity index (χ1v) is 5.76. The lowest BCUT2D eigenvalue weighted by molar-refractivity contribution is -0.143. The first-order valence-electron chi connectivity index (χ1n) is 4.95. The molecule has 1 unspecified atom stereocenters. The summed E-state index contributed by atoms with van der Waals surface area (Å²) in [5, 5.41) is 10.9. The number of rotatable bonds is 5. The first-order chi connectivity index (χ1) is 7.83. The van der Waals surface area contributed by atoms with Gasteiger partial charge in [0.05, 0.1) is 6.54 Å². The van der Waals surface area contributed by atoms with Gasteiger partial charge in [-0.25, -0.2) is 0 Å². The highest BCUT2D eigenvalue weighted by Crippen LogP contribution is 2.25. The Labute approximate surface area is 100 Å². The van der Waals surface area contributed by atoms with Crippen LogP contribution < -0.4 is 5.32 Å². The van der Waals surface area contributed by atoms with Crippen LogP contribution in [0.2, 0.25) is 0 Å². The largest absolute Gasteiger partial charge is 0.480 e. The second-order valence-electron chi connectivity index (χ2n) is 3.42. The number of thiophene rings is 1. The molecule has 3 nitrogen and oxygen atoms in total. The van der Waals surface area contributed by atoms with Crippen molar-refractivity contribution < 1.29 is 23.1 Å². The summed E-state index contributed by atoms with van der Waals surface area (Å²) in [5.74, 6) is -1.31. The van der Waals surface area contributed by atoms with E-state index < -0.39 is 24.7 Å². The van der Waals surface area contributed by atoms with Crippen molar-refractivity contribution in [3.8, 4) is 0 Å². The van der Waals surface area contributed by atoms with E-state index in [2.05, 4.69) is 0 Å². The molecular weight excluding hydrogens is 255 g/mol. The van der Waals surface area contributed by atoms with Gasteiger partial charge in [0.1, 0.15) is 6.04 Å². The number of aliphatic carboxylic acids is 1. The van der Waals surface area contributed by atoms with E-state index in [0.717, 1.165) is 11.3 Å². The van der Waals surface area contributed by atoms with E-state index >= 15 is 0 Å². The molecule has 1 rings (SSSR count). The molecular formula is C10H12F3NO2S. The van der Waals surface area contributed by atoms with E-state index in [9.17, 15) is 18.0 Å². The van der Waals surface area contributed by atoms with Crippen LogP contribution in [0.5, 0.6) is 0 Å². The fourth-order valence-corrected chi connectivity index (χ4v) is 2.29. The minimum atomic E-state index is -4.42. The third kappa shape index (κ3) is 4.35. The quantitative estimate of drug-likeness (QED) is 0.862. The van der Waals surface area contributed by atoms with Crippen LogP contribution in [-0.2, 0) is 11.2 Å². The normalized spacial score (nSPS) is 13.6. The van der Waals surface area contributed by atoms with Crippen LogP contribution in [0, 0.1) is 0 Å². The van der Waals surface area contributed by atoms with Crippen molar-refractivity contribution in [1.82, 2.24) is 5.32 Å². The van der Waals surface area contributed by atoms with Crippen molar-refractivity contribution in [3.05, 3.63) is 21.9 Å². The number of carboxylic acids is 1. The predicted molar refractivity (Wildman–Crippen MR) is 58.1 cm³/mol. The topological polar surface area (TPSA) is 49.3 Å². The molecule has 17 heavy (non-hydrogen) atoms. The molecule has 0 bridgehead atoms. The van der Waals surface area contributed by atoms with Crippen molar-refractivity contribution in [2.24, 2.45) is 0 Å². The van der Waals surface area contributed by atoms with Gasteiger partial charge in [-0.2, -0.15) is 13.2 Å². The molecule has 1 atom stereocenters. The van der Waals surface area contributed by atoms with E-state index in [1.165, 1.54) is 11.3 Å². The van der Waals surface area contributed by atoms with Gasteiger partial charge in [-0.15, -0.1) is 11.3 Å². The molecule has 0 saturated heterocycles. The van der Waals surface area contributed by atoms with E-state index in [1.54, 1.807) is 12.1 Å². The molecule has 0 aliphatic heterocycles. The molecule has 0 amide bonds. The van der Waals surface area contributed by atoms with E-state index in [4.69, 9.17) is 5.11 Å². The third-order valence-electron chi connectivity index (χ3n) is 2.07. The number of hydrogen-bond acceptors (Lipinski definition) is 3. The highest BCUT2D eigenvalue weighted by atomic mass is 32.1. The van der Waals surface area contributed by atoms with Crippen molar-refractivity contribution in [3.63, 3.8) is 0 Å². The van der Waals surface area contributed by atoms with Crippen molar-refractivity contribution in [1.29, 1.82) is 0 Å². The van der Waals surface area contributed by atoms with Crippen LogP contribution in [0.3, 0.4) is 0 Å². The van der Waals surface area contributed by atoms with Gasteiger partial charge in [0.2, 0.25) is 0 Å². The SMILES string of the molecule is CCc1ccc(C(NCC(F)(F)F)C(=O)O)s1. The van der Waals surface area contributed by atoms with Crippen LogP contribution >= 0.6 is 11.3 Å². The van der Waals surface area contributed by atoms with Crippen molar-refractivity contribution in [2.45, 2.75) is 25.6 Å². The van der Waals surface area contributed by atoms with Gasteiger partial charge < -0.3 is 5.11 Å². The second kappa shape index (κ2) is 5.50. The zero-order chi connectivity index (χ0) is 13.1. The number of halogens is 3. The Bertz CT molecular complexity index is 389. The summed E-state index contributed by atoms with van der Waals surface area (Å²) in [6.45, 7) is 0.581. The Morgan fingerprint density at radius 2 is 2.18 bits per heavy atom. The zero-order valence-electron chi connectivity index (χ0n) is 9.04. The monoisotopic (exact) mass is 267 g/mol. The average Bonchev–Trinajstić information content (AvgIpc) is 2.64.